The average molecular weight is 299 g/mol. The summed E-state index contributed by atoms with van der Waals surface area (Å²) < 4.78 is 58.9. The molecule has 0 aliphatic carbocycles. The van der Waals surface area contributed by atoms with Crippen LogP contribution in [0.3, 0.4) is 0 Å². The van der Waals surface area contributed by atoms with E-state index in [2.05, 4.69) is 6.58 Å². The van der Waals surface area contributed by atoms with Crippen LogP contribution in [0.1, 0.15) is 11.1 Å². The predicted molar refractivity (Wildman–Crippen MR) is 63.9 cm³/mol. The molecule has 0 fully saturated rings. The Morgan fingerprint density at radius 1 is 1.33 bits per heavy atom. The van der Waals surface area contributed by atoms with Crippen LogP contribution in [0.4, 0.5) is 13.2 Å². The van der Waals surface area contributed by atoms with Crippen LogP contribution in [0.15, 0.2) is 36.4 Å². The van der Waals surface area contributed by atoms with Crippen LogP contribution in [0, 0.1) is 0 Å². The molecule has 0 aromatic heterocycles. The summed E-state index contributed by atoms with van der Waals surface area (Å²) in [6.07, 6.45) is -4.38. The first kappa shape index (κ1) is 15.0. The van der Waals surface area contributed by atoms with Gasteiger partial charge in [0.25, 0.3) is 0 Å². The molecule has 1 aromatic rings. The number of hydrogen-bond donors (Lipinski definition) is 0. The van der Waals surface area contributed by atoms with Gasteiger partial charge in [0.2, 0.25) is 9.05 Å². The van der Waals surface area contributed by atoms with Gasteiger partial charge in [0, 0.05) is 10.7 Å². The van der Waals surface area contributed by atoms with Crippen LogP contribution >= 0.6 is 10.7 Å². The molecule has 0 atom stereocenters. The summed E-state index contributed by atoms with van der Waals surface area (Å²) in [7, 11) is 1.30. The fourth-order valence-electron chi connectivity index (χ4n) is 1.44. The SMILES string of the molecule is C=C(Cc1cccc(C(F)(F)F)c1)CS(=O)(=O)Cl. The lowest BCUT2D eigenvalue weighted by atomic mass is 10.0. The first-order valence-electron chi connectivity index (χ1n) is 4.83. The zero-order valence-corrected chi connectivity index (χ0v) is 10.7. The number of benzene rings is 1. The molecule has 0 radical (unpaired) electrons. The molecule has 0 saturated carbocycles. The molecular weight excluding hydrogens is 289 g/mol. The van der Waals surface area contributed by atoms with Gasteiger partial charge in [-0.05, 0) is 18.1 Å². The Kier molecular flexibility index (Phi) is 4.45. The van der Waals surface area contributed by atoms with E-state index in [9.17, 15) is 21.6 Å². The third-order valence-corrected chi connectivity index (χ3v) is 3.17. The molecule has 18 heavy (non-hydrogen) atoms. The molecule has 0 amide bonds. The van der Waals surface area contributed by atoms with Gasteiger partial charge < -0.3 is 0 Å². The molecule has 0 N–H and O–H groups in total. The summed E-state index contributed by atoms with van der Waals surface area (Å²) >= 11 is 0. The molecule has 0 bridgehead atoms. The standard InChI is InChI=1S/C11H10ClF3O2S/c1-8(7-18(12,16)17)5-9-3-2-4-10(6-9)11(13,14)15/h2-4,6H,1,5,7H2. The fraction of sp³-hybridized carbons (Fsp3) is 0.273. The van der Waals surface area contributed by atoms with E-state index >= 15 is 0 Å². The van der Waals surface area contributed by atoms with E-state index in [-0.39, 0.29) is 12.0 Å². The Morgan fingerprint density at radius 2 is 1.94 bits per heavy atom. The van der Waals surface area contributed by atoms with Crippen LogP contribution in [-0.2, 0) is 21.6 Å². The van der Waals surface area contributed by atoms with Crippen LogP contribution in [0.5, 0.6) is 0 Å². The second-order valence-corrected chi connectivity index (χ2v) is 6.59. The Bertz CT molecular complexity index is 550. The van der Waals surface area contributed by atoms with E-state index in [4.69, 9.17) is 10.7 Å². The van der Waals surface area contributed by atoms with Gasteiger partial charge in [0.15, 0.2) is 0 Å². The predicted octanol–water partition coefficient (Wildman–Crippen LogP) is 3.37. The summed E-state index contributed by atoms with van der Waals surface area (Å²) in [6, 6.07) is 4.65. The van der Waals surface area contributed by atoms with Crippen LogP contribution in [0.25, 0.3) is 0 Å². The molecule has 0 unspecified atom stereocenters. The molecule has 7 heteroatoms. The molecule has 2 nitrogen and oxygen atoms in total. The summed E-state index contributed by atoms with van der Waals surface area (Å²) in [5, 5.41) is 0. The van der Waals surface area contributed by atoms with Gasteiger partial charge in [-0.3, -0.25) is 0 Å². The van der Waals surface area contributed by atoms with Crippen molar-refractivity contribution in [2.75, 3.05) is 5.75 Å². The van der Waals surface area contributed by atoms with Gasteiger partial charge >= 0.3 is 6.18 Å². The zero-order chi connectivity index (χ0) is 14.0. The lowest BCUT2D eigenvalue weighted by molar-refractivity contribution is -0.137. The maximum Gasteiger partial charge on any atom is 0.416 e. The third kappa shape index (κ3) is 5.10. The highest BCUT2D eigenvalue weighted by molar-refractivity contribution is 8.13. The van der Waals surface area contributed by atoms with E-state index in [1.165, 1.54) is 12.1 Å². The van der Waals surface area contributed by atoms with Crippen molar-refractivity contribution in [3.8, 4) is 0 Å². The van der Waals surface area contributed by atoms with Crippen molar-refractivity contribution in [1.82, 2.24) is 0 Å². The first-order chi connectivity index (χ1) is 8.08. The van der Waals surface area contributed by atoms with Crippen LogP contribution in [-0.4, -0.2) is 14.2 Å². The molecular formula is C11H10ClF3O2S. The van der Waals surface area contributed by atoms with Gasteiger partial charge in [-0.25, -0.2) is 8.42 Å². The van der Waals surface area contributed by atoms with E-state index < -0.39 is 26.5 Å². The second-order valence-electron chi connectivity index (χ2n) is 3.81. The summed E-state index contributed by atoms with van der Waals surface area (Å²) in [6.45, 7) is 3.48. The molecule has 0 aliphatic heterocycles. The molecule has 0 spiro atoms. The molecule has 0 aliphatic rings. The molecule has 100 valence electrons. The Balaban J connectivity index is 2.83. The highest BCUT2D eigenvalue weighted by atomic mass is 35.7. The molecule has 0 saturated heterocycles. The topological polar surface area (TPSA) is 34.1 Å². The Morgan fingerprint density at radius 3 is 2.44 bits per heavy atom. The minimum absolute atomic E-state index is 0.0376. The number of rotatable bonds is 4. The highest BCUT2D eigenvalue weighted by Gasteiger charge is 2.30. The van der Waals surface area contributed by atoms with Crippen molar-refractivity contribution >= 4 is 19.7 Å². The van der Waals surface area contributed by atoms with Gasteiger partial charge in [0.1, 0.15) is 0 Å². The van der Waals surface area contributed by atoms with Crippen LogP contribution in [0.2, 0.25) is 0 Å². The van der Waals surface area contributed by atoms with Gasteiger partial charge in [-0.1, -0.05) is 30.4 Å². The van der Waals surface area contributed by atoms with Crippen molar-refractivity contribution in [2.45, 2.75) is 12.6 Å². The Labute approximate surface area is 107 Å². The first-order valence-corrected chi connectivity index (χ1v) is 7.31. The maximum absolute atomic E-state index is 12.4. The lowest BCUT2D eigenvalue weighted by Gasteiger charge is -2.09. The number of halogens is 4. The zero-order valence-electron chi connectivity index (χ0n) is 9.17. The van der Waals surface area contributed by atoms with Crippen LogP contribution < -0.4 is 0 Å². The van der Waals surface area contributed by atoms with E-state index in [0.29, 0.717) is 5.56 Å². The number of hydrogen-bond acceptors (Lipinski definition) is 2. The fourth-order valence-corrected chi connectivity index (χ4v) is 2.49. The van der Waals surface area contributed by atoms with E-state index in [1.54, 1.807) is 0 Å². The quantitative estimate of drug-likeness (QED) is 0.631. The highest BCUT2D eigenvalue weighted by Crippen LogP contribution is 2.29. The lowest BCUT2D eigenvalue weighted by Crippen LogP contribution is -2.07. The molecule has 0 heterocycles. The largest absolute Gasteiger partial charge is 0.416 e. The smallest absolute Gasteiger partial charge is 0.212 e. The minimum atomic E-state index is -4.42. The maximum atomic E-state index is 12.4. The van der Waals surface area contributed by atoms with Gasteiger partial charge in [0.05, 0.1) is 11.3 Å². The minimum Gasteiger partial charge on any atom is -0.212 e. The monoisotopic (exact) mass is 298 g/mol. The van der Waals surface area contributed by atoms with Gasteiger partial charge in [-0.15, -0.1) is 0 Å². The molecule has 1 aromatic carbocycles. The normalized spacial score (nSPS) is 12.4. The molecule has 1 rings (SSSR count). The third-order valence-electron chi connectivity index (χ3n) is 2.08. The number of alkyl halides is 3. The van der Waals surface area contributed by atoms with Crippen molar-refractivity contribution in [2.24, 2.45) is 0 Å². The van der Waals surface area contributed by atoms with Crippen molar-refractivity contribution < 1.29 is 21.6 Å². The van der Waals surface area contributed by atoms with Crippen molar-refractivity contribution in [3.63, 3.8) is 0 Å². The average Bonchev–Trinajstić information content (AvgIpc) is 2.13. The summed E-state index contributed by atoms with van der Waals surface area (Å²) in [5.41, 5.74) is -0.194. The van der Waals surface area contributed by atoms with Crippen molar-refractivity contribution in [3.05, 3.63) is 47.5 Å². The Hall–Kier alpha value is -1.01. The van der Waals surface area contributed by atoms with Crippen molar-refractivity contribution in [1.29, 1.82) is 0 Å². The van der Waals surface area contributed by atoms with E-state index in [1.807, 2.05) is 0 Å². The summed E-state index contributed by atoms with van der Waals surface area (Å²) in [4.78, 5) is 0. The van der Waals surface area contributed by atoms with Gasteiger partial charge in [-0.2, -0.15) is 13.2 Å². The van der Waals surface area contributed by atoms with E-state index in [0.717, 1.165) is 12.1 Å². The second kappa shape index (κ2) is 5.32. The summed E-state index contributed by atoms with van der Waals surface area (Å²) in [5.74, 6) is -0.454.